The Hall–Kier alpha value is -2.99. The minimum absolute atomic E-state index is 0.149. The lowest BCUT2D eigenvalue weighted by Crippen LogP contribution is -2.52. The van der Waals surface area contributed by atoms with Gasteiger partial charge in [0.25, 0.3) is 0 Å². The van der Waals surface area contributed by atoms with Crippen molar-refractivity contribution in [1.29, 1.82) is 0 Å². The molecule has 0 spiro atoms. The minimum Gasteiger partial charge on any atom is -0.370 e. The molecule has 4 rings (SSSR count). The fourth-order valence-electron chi connectivity index (χ4n) is 4.64. The van der Waals surface area contributed by atoms with Crippen molar-refractivity contribution in [2.24, 2.45) is 0 Å². The summed E-state index contributed by atoms with van der Waals surface area (Å²) in [7, 11) is -3.86. The Balaban J connectivity index is 1.93. The van der Waals surface area contributed by atoms with Gasteiger partial charge in [-0.2, -0.15) is 4.31 Å². The van der Waals surface area contributed by atoms with Crippen LogP contribution < -0.4 is 0 Å². The van der Waals surface area contributed by atoms with E-state index in [0.717, 1.165) is 16.7 Å². The van der Waals surface area contributed by atoms with Gasteiger partial charge in [-0.3, -0.25) is 0 Å². The topological polar surface area (TPSA) is 46.6 Å². The lowest BCUT2D eigenvalue weighted by molar-refractivity contribution is 0.0849. The molecule has 0 amide bonds. The predicted octanol–water partition coefficient (Wildman–Crippen LogP) is 5.44. The molecule has 0 bridgehead atoms. The summed E-state index contributed by atoms with van der Waals surface area (Å²) >= 11 is 0. The summed E-state index contributed by atoms with van der Waals surface area (Å²) in [4.78, 5) is 0.250. The first-order valence-corrected chi connectivity index (χ1v) is 12.4. The molecule has 3 aromatic rings. The zero-order chi connectivity index (χ0) is 23.5. The van der Waals surface area contributed by atoms with Gasteiger partial charge in [-0.1, -0.05) is 90.5 Å². The van der Waals surface area contributed by atoms with Crippen molar-refractivity contribution < 1.29 is 13.2 Å². The molecule has 0 aliphatic carbocycles. The van der Waals surface area contributed by atoms with Gasteiger partial charge in [0.1, 0.15) is 6.10 Å². The Labute approximate surface area is 196 Å². The van der Waals surface area contributed by atoms with E-state index in [-0.39, 0.29) is 11.4 Å². The Morgan fingerprint density at radius 1 is 0.970 bits per heavy atom. The predicted molar refractivity (Wildman–Crippen MR) is 133 cm³/mol. The number of benzene rings is 3. The fourth-order valence-corrected chi connectivity index (χ4v) is 6.29. The average Bonchev–Trinajstić information content (AvgIpc) is 3.24. The molecule has 3 aromatic carbocycles. The smallest absolute Gasteiger partial charge is 0.243 e. The zero-order valence-electron chi connectivity index (χ0n) is 18.8. The summed E-state index contributed by atoms with van der Waals surface area (Å²) in [6, 6.07) is 26.1. The van der Waals surface area contributed by atoms with Gasteiger partial charge in [0.2, 0.25) is 10.0 Å². The molecule has 1 saturated heterocycles. The number of hydrogen-bond acceptors (Lipinski definition) is 3. The summed E-state index contributed by atoms with van der Waals surface area (Å²) in [6.07, 6.45) is 3.01. The maximum Gasteiger partial charge on any atom is 0.243 e. The minimum atomic E-state index is -3.86. The lowest BCUT2D eigenvalue weighted by atomic mass is 9.73. The van der Waals surface area contributed by atoms with Crippen LogP contribution >= 0.6 is 0 Å². The van der Waals surface area contributed by atoms with Gasteiger partial charge in [0.15, 0.2) is 0 Å². The molecule has 170 valence electrons. The molecule has 33 heavy (non-hydrogen) atoms. The number of aryl methyl sites for hydroxylation is 1. The average molecular weight is 460 g/mol. The molecule has 0 saturated carbocycles. The van der Waals surface area contributed by atoms with E-state index < -0.39 is 27.6 Å². The van der Waals surface area contributed by atoms with E-state index >= 15 is 0 Å². The monoisotopic (exact) mass is 459 g/mol. The third-order valence-electron chi connectivity index (χ3n) is 6.37. The quantitative estimate of drug-likeness (QED) is 0.422. The van der Waals surface area contributed by atoms with Crippen molar-refractivity contribution >= 4 is 10.0 Å². The summed E-state index contributed by atoms with van der Waals surface area (Å²) in [5, 5.41) is 0. The van der Waals surface area contributed by atoms with E-state index in [2.05, 4.69) is 13.2 Å². The molecule has 0 radical (unpaired) electrons. The van der Waals surface area contributed by atoms with Gasteiger partial charge in [0, 0.05) is 6.54 Å². The largest absolute Gasteiger partial charge is 0.370 e. The van der Waals surface area contributed by atoms with E-state index in [1.165, 1.54) is 4.31 Å². The molecule has 1 fully saturated rings. The number of ether oxygens (including phenoxy) is 1. The highest BCUT2D eigenvalue weighted by Crippen LogP contribution is 2.48. The number of nitrogens with zero attached hydrogens (tertiary/aromatic N) is 1. The Morgan fingerprint density at radius 2 is 1.58 bits per heavy atom. The molecule has 0 N–H and O–H groups in total. The van der Waals surface area contributed by atoms with Crippen LogP contribution in [0.4, 0.5) is 0 Å². The van der Waals surface area contributed by atoms with E-state index in [1.807, 2.05) is 85.8 Å². The molecule has 0 unspecified atom stereocenters. The molecule has 3 atom stereocenters. The summed E-state index contributed by atoms with van der Waals surface area (Å²) < 4.78 is 36.0. The van der Waals surface area contributed by atoms with Crippen molar-refractivity contribution in [3.8, 4) is 0 Å². The Kier molecular flexibility index (Phi) is 6.66. The van der Waals surface area contributed by atoms with Gasteiger partial charge in [-0.05, 0) is 30.2 Å². The maximum atomic E-state index is 14.0. The molecule has 1 heterocycles. The fraction of sp³-hybridized carbons (Fsp3) is 0.214. The van der Waals surface area contributed by atoms with Crippen molar-refractivity contribution in [3.63, 3.8) is 0 Å². The van der Waals surface area contributed by atoms with Crippen molar-refractivity contribution in [1.82, 2.24) is 4.31 Å². The second kappa shape index (κ2) is 9.48. The van der Waals surface area contributed by atoms with E-state index in [4.69, 9.17) is 4.74 Å². The van der Waals surface area contributed by atoms with Crippen molar-refractivity contribution in [2.75, 3.05) is 13.2 Å². The maximum absolute atomic E-state index is 14.0. The van der Waals surface area contributed by atoms with Crippen LogP contribution in [0.25, 0.3) is 0 Å². The molecule has 4 nitrogen and oxygen atoms in total. The molecular weight excluding hydrogens is 430 g/mol. The van der Waals surface area contributed by atoms with E-state index in [1.54, 1.807) is 18.2 Å². The summed E-state index contributed by atoms with van der Waals surface area (Å²) in [6.45, 7) is 10.4. The number of rotatable bonds is 8. The zero-order valence-corrected chi connectivity index (χ0v) is 19.6. The van der Waals surface area contributed by atoms with Crippen LogP contribution in [-0.2, 0) is 20.2 Å². The van der Waals surface area contributed by atoms with Crippen LogP contribution in [0.3, 0.4) is 0 Å². The third-order valence-corrected chi connectivity index (χ3v) is 8.23. The molecule has 1 aliphatic rings. The second-order valence-electron chi connectivity index (χ2n) is 8.37. The van der Waals surface area contributed by atoms with Crippen LogP contribution in [0.5, 0.6) is 0 Å². The standard InChI is InChI=1S/C28H29NO3S/c1-4-20-29(33(30,31)25-18-16-22(3)17-19-25)27-26(23-12-8-6-9-13-23)32-21-28(27,5-2)24-14-10-7-11-15-24/h4-19,26-27H,1-2,20-21H2,3H3/t26-,27-,28+/m0/s1. The SMILES string of the molecule is C=CCN([C@H]1[C@H](c2ccccc2)OC[C@]1(C=C)c1ccccc1)S(=O)(=O)c1ccc(C)cc1. The third kappa shape index (κ3) is 4.20. The van der Waals surface area contributed by atoms with Crippen LogP contribution in [0, 0.1) is 6.92 Å². The number of hydrogen-bond donors (Lipinski definition) is 0. The van der Waals surface area contributed by atoms with Gasteiger partial charge in [-0.15, -0.1) is 13.2 Å². The first kappa shape index (κ1) is 23.2. The van der Waals surface area contributed by atoms with E-state index in [9.17, 15) is 8.42 Å². The van der Waals surface area contributed by atoms with Crippen LogP contribution in [-0.4, -0.2) is 31.9 Å². The Morgan fingerprint density at radius 3 is 2.15 bits per heavy atom. The molecule has 1 aliphatic heterocycles. The van der Waals surface area contributed by atoms with Crippen LogP contribution in [0.15, 0.2) is 115 Å². The highest BCUT2D eigenvalue weighted by Gasteiger charge is 2.54. The van der Waals surface area contributed by atoms with Crippen LogP contribution in [0.2, 0.25) is 0 Å². The van der Waals surface area contributed by atoms with Gasteiger partial charge in [0.05, 0.1) is 23.0 Å². The van der Waals surface area contributed by atoms with Crippen molar-refractivity contribution in [3.05, 3.63) is 127 Å². The van der Waals surface area contributed by atoms with E-state index in [0.29, 0.717) is 6.61 Å². The highest BCUT2D eigenvalue weighted by molar-refractivity contribution is 7.89. The van der Waals surface area contributed by atoms with Gasteiger partial charge >= 0.3 is 0 Å². The van der Waals surface area contributed by atoms with Crippen molar-refractivity contribution in [2.45, 2.75) is 29.4 Å². The van der Waals surface area contributed by atoms with Crippen LogP contribution in [0.1, 0.15) is 22.8 Å². The summed E-state index contributed by atoms with van der Waals surface area (Å²) in [5.74, 6) is 0. The number of sulfonamides is 1. The first-order chi connectivity index (χ1) is 15.9. The lowest BCUT2D eigenvalue weighted by Gasteiger charge is -2.40. The highest BCUT2D eigenvalue weighted by atomic mass is 32.2. The second-order valence-corrected chi connectivity index (χ2v) is 10.3. The Bertz CT molecular complexity index is 1210. The van der Waals surface area contributed by atoms with Gasteiger partial charge < -0.3 is 4.74 Å². The van der Waals surface area contributed by atoms with Gasteiger partial charge in [-0.25, -0.2) is 8.42 Å². The molecule has 5 heteroatoms. The first-order valence-electron chi connectivity index (χ1n) is 11.0. The molecular formula is C28H29NO3S. The summed E-state index contributed by atoms with van der Waals surface area (Å²) in [5.41, 5.74) is 2.16. The molecule has 0 aromatic heterocycles. The normalized spacial score (nSPS) is 22.8.